The van der Waals surface area contributed by atoms with Gasteiger partial charge in [-0.3, -0.25) is 4.79 Å². The van der Waals surface area contributed by atoms with Crippen LogP contribution >= 0.6 is 11.6 Å². The first kappa shape index (κ1) is 15.9. The molecule has 5 heteroatoms. The minimum absolute atomic E-state index is 0.0208. The summed E-state index contributed by atoms with van der Waals surface area (Å²) in [5.41, 5.74) is 6.46. The predicted molar refractivity (Wildman–Crippen MR) is 85.4 cm³/mol. The molecular formula is C16H21ClN2O2. The Kier molecular flexibility index (Phi) is 5.65. The normalized spacial score (nSPS) is 16.4. The Morgan fingerprint density at radius 1 is 1.48 bits per heavy atom. The molecule has 0 spiro atoms. The van der Waals surface area contributed by atoms with E-state index < -0.39 is 0 Å². The third kappa shape index (κ3) is 4.22. The van der Waals surface area contributed by atoms with Gasteiger partial charge >= 0.3 is 0 Å². The molecule has 114 valence electrons. The zero-order chi connectivity index (χ0) is 15.2. The molecule has 1 aliphatic rings. The molecule has 1 heterocycles. The van der Waals surface area contributed by atoms with E-state index in [1.807, 2.05) is 4.90 Å². The monoisotopic (exact) mass is 308 g/mol. The first-order chi connectivity index (χ1) is 10.1. The number of nitrogens with zero attached hydrogens (tertiary/aromatic N) is 1. The van der Waals surface area contributed by atoms with Crippen LogP contribution in [0.1, 0.15) is 18.4 Å². The van der Waals surface area contributed by atoms with Crippen LogP contribution in [0, 0.1) is 5.92 Å². The van der Waals surface area contributed by atoms with E-state index in [0.29, 0.717) is 23.2 Å². The lowest BCUT2D eigenvalue weighted by atomic mass is 9.97. The highest BCUT2D eigenvalue weighted by molar-refractivity contribution is 6.30. The standard InChI is InChI=1S/C16H21ClN2O2/c1-21-15-4-3-14(17)10-13(15)2-5-16(20)19-8-6-12(11-18)7-9-19/h2-5,10,12H,6-9,11,18H2,1H3. The fraction of sp³-hybridized carbons (Fsp3) is 0.438. The van der Waals surface area contributed by atoms with Crippen molar-refractivity contribution < 1.29 is 9.53 Å². The summed E-state index contributed by atoms with van der Waals surface area (Å²) in [4.78, 5) is 14.0. The molecule has 2 N–H and O–H groups in total. The zero-order valence-corrected chi connectivity index (χ0v) is 13.0. The van der Waals surface area contributed by atoms with Crippen LogP contribution in [0.4, 0.5) is 0 Å². The second-order valence-electron chi connectivity index (χ2n) is 5.22. The number of benzene rings is 1. The molecule has 1 aromatic carbocycles. The topological polar surface area (TPSA) is 55.6 Å². The number of hydrogen-bond acceptors (Lipinski definition) is 3. The molecule has 1 aliphatic heterocycles. The van der Waals surface area contributed by atoms with Gasteiger partial charge < -0.3 is 15.4 Å². The number of carbonyl (C=O) groups excluding carboxylic acids is 1. The molecular weight excluding hydrogens is 288 g/mol. The largest absolute Gasteiger partial charge is 0.496 e. The van der Waals surface area contributed by atoms with Gasteiger partial charge in [0.2, 0.25) is 5.91 Å². The summed E-state index contributed by atoms with van der Waals surface area (Å²) in [5, 5.41) is 0.617. The van der Waals surface area contributed by atoms with Gasteiger partial charge in [0, 0.05) is 29.8 Å². The van der Waals surface area contributed by atoms with Gasteiger partial charge in [-0.15, -0.1) is 0 Å². The minimum atomic E-state index is 0.0208. The smallest absolute Gasteiger partial charge is 0.246 e. The maximum atomic E-state index is 12.2. The van der Waals surface area contributed by atoms with E-state index >= 15 is 0 Å². The number of likely N-dealkylation sites (tertiary alicyclic amines) is 1. The fourth-order valence-electron chi connectivity index (χ4n) is 2.49. The highest BCUT2D eigenvalue weighted by atomic mass is 35.5. The Morgan fingerprint density at radius 2 is 2.19 bits per heavy atom. The van der Waals surface area contributed by atoms with E-state index in [0.717, 1.165) is 31.5 Å². The van der Waals surface area contributed by atoms with Gasteiger partial charge in [-0.25, -0.2) is 0 Å². The molecule has 0 bridgehead atoms. The highest BCUT2D eigenvalue weighted by Crippen LogP contribution is 2.24. The average molecular weight is 309 g/mol. The van der Waals surface area contributed by atoms with E-state index in [1.54, 1.807) is 37.5 Å². The number of amides is 1. The molecule has 0 radical (unpaired) electrons. The maximum absolute atomic E-state index is 12.2. The number of hydrogen-bond donors (Lipinski definition) is 1. The first-order valence-corrected chi connectivity index (χ1v) is 7.52. The van der Waals surface area contributed by atoms with E-state index in [4.69, 9.17) is 22.1 Å². The van der Waals surface area contributed by atoms with Crippen molar-refractivity contribution in [1.29, 1.82) is 0 Å². The van der Waals surface area contributed by atoms with Crippen LogP contribution in [-0.2, 0) is 4.79 Å². The van der Waals surface area contributed by atoms with Gasteiger partial charge in [-0.2, -0.15) is 0 Å². The van der Waals surface area contributed by atoms with Gasteiger partial charge in [0.05, 0.1) is 7.11 Å². The molecule has 0 atom stereocenters. The Hall–Kier alpha value is -1.52. The third-order valence-corrected chi connectivity index (χ3v) is 4.09. The Labute approximate surface area is 130 Å². The summed E-state index contributed by atoms with van der Waals surface area (Å²) < 4.78 is 5.26. The summed E-state index contributed by atoms with van der Waals surface area (Å²) >= 11 is 5.97. The second-order valence-corrected chi connectivity index (χ2v) is 5.66. The molecule has 1 aromatic rings. The summed E-state index contributed by atoms with van der Waals surface area (Å²) in [6, 6.07) is 5.33. The summed E-state index contributed by atoms with van der Waals surface area (Å²) in [6.07, 6.45) is 5.30. The van der Waals surface area contributed by atoms with E-state index in [-0.39, 0.29) is 5.91 Å². The van der Waals surface area contributed by atoms with Crippen LogP contribution in [0.15, 0.2) is 24.3 Å². The lowest BCUT2D eigenvalue weighted by Gasteiger charge is -2.30. The highest BCUT2D eigenvalue weighted by Gasteiger charge is 2.20. The average Bonchev–Trinajstić information content (AvgIpc) is 2.52. The summed E-state index contributed by atoms with van der Waals surface area (Å²) in [5.74, 6) is 1.27. The van der Waals surface area contributed by atoms with Crippen molar-refractivity contribution >= 4 is 23.6 Å². The fourth-order valence-corrected chi connectivity index (χ4v) is 2.67. The van der Waals surface area contributed by atoms with Gasteiger partial charge in [0.1, 0.15) is 5.75 Å². The zero-order valence-electron chi connectivity index (χ0n) is 12.2. The van der Waals surface area contributed by atoms with Crippen molar-refractivity contribution in [3.8, 4) is 5.75 Å². The number of ether oxygens (including phenoxy) is 1. The van der Waals surface area contributed by atoms with Crippen LogP contribution in [0.2, 0.25) is 5.02 Å². The van der Waals surface area contributed by atoms with Crippen LogP contribution in [0.5, 0.6) is 5.75 Å². The lowest BCUT2D eigenvalue weighted by Crippen LogP contribution is -2.39. The molecule has 0 aliphatic carbocycles. The molecule has 1 fully saturated rings. The number of methoxy groups -OCH3 is 1. The summed E-state index contributed by atoms with van der Waals surface area (Å²) in [7, 11) is 1.60. The summed E-state index contributed by atoms with van der Waals surface area (Å²) in [6.45, 7) is 2.26. The van der Waals surface area contributed by atoms with Crippen LogP contribution < -0.4 is 10.5 Å². The van der Waals surface area contributed by atoms with Gasteiger partial charge in [0.15, 0.2) is 0 Å². The molecule has 2 rings (SSSR count). The van der Waals surface area contributed by atoms with Crippen LogP contribution in [0.3, 0.4) is 0 Å². The molecule has 4 nitrogen and oxygen atoms in total. The second kappa shape index (κ2) is 7.48. The molecule has 0 aromatic heterocycles. The third-order valence-electron chi connectivity index (χ3n) is 3.86. The Bertz CT molecular complexity index is 523. The number of piperidine rings is 1. The molecule has 21 heavy (non-hydrogen) atoms. The van der Waals surface area contributed by atoms with Gasteiger partial charge in [0.25, 0.3) is 0 Å². The van der Waals surface area contributed by atoms with Gasteiger partial charge in [-0.05, 0) is 49.6 Å². The van der Waals surface area contributed by atoms with Crippen molar-refractivity contribution in [1.82, 2.24) is 4.90 Å². The van der Waals surface area contributed by atoms with Crippen molar-refractivity contribution in [2.75, 3.05) is 26.7 Å². The molecule has 1 saturated heterocycles. The van der Waals surface area contributed by atoms with Crippen molar-refractivity contribution in [2.24, 2.45) is 11.7 Å². The van der Waals surface area contributed by atoms with E-state index in [2.05, 4.69) is 0 Å². The predicted octanol–water partition coefficient (Wildman–Crippen LogP) is 2.56. The number of rotatable bonds is 4. The van der Waals surface area contributed by atoms with Crippen molar-refractivity contribution in [3.05, 3.63) is 34.9 Å². The molecule has 0 unspecified atom stereocenters. The number of carbonyl (C=O) groups is 1. The van der Waals surface area contributed by atoms with Crippen LogP contribution in [-0.4, -0.2) is 37.6 Å². The SMILES string of the molecule is COc1ccc(Cl)cc1C=CC(=O)N1CCC(CN)CC1. The van der Waals surface area contributed by atoms with Gasteiger partial charge in [-0.1, -0.05) is 11.6 Å². The minimum Gasteiger partial charge on any atom is -0.496 e. The lowest BCUT2D eigenvalue weighted by molar-refractivity contribution is -0.127. The van der Waals surface area contributed by atoms with Crippen molar-refractivity contribution in [3.63, 3.8) is 0 Å². The van der Waals surface area contributed by atoms with E-state index in [9.17, 15) is 4.79 Å². The Morgan fingerprint density at radius 3 is 2.81 bits per heavy atom. The first-order valence-electron chi connectivity index (χ1n) is 7.14. The Balaban J connectivity index is 2.01. The van der Waals surface area contributed by atoms with E-state index in [1.165, 1.54) is 0 Å². The van der Waals surface area contributed by atoms with Crippen LogP contribution in [0.25, 0.3) is 6.08 Å². The molecule has 1 amide bonds. The number of nitrogens with two attached hydrogens (primary N) is 1. The maximum Gasteiger partial charge on any atom is 0.246 e. The quantitative estimate of drug-likeness (QED) is 0.870. The number of halogens is 1. The molecule has 0 saturated carbocycles. The van der Waals surface area contributed by atoms with Crippen molar-refractivity contribution in [2.45, 2.75) is 12.8 Å².